The van der Waals surface area contributed by atoms with Crippen molar-refractivity contribution in [1.82, 2.24) is 19.5 Å². The first-order chi connectivity index (χ1) is 9.84. The molecule has 0 bridgehead atoms. The van der Waals surface area contributed by atoms with Gasteiger partial charge in [0.15, 0.2) is 5.69 Å². The smallest absolute Gasteiger partial charge is 0.433 e. The van der Waals surface area contributed by atoms with Crippen LogP contribution in [0.25, 0.3) is 5.82 Å². The van der Waals surface area contributed by atoms with Gasteiger partial charge in [0.25, 0.3) is 0 Å². The SMILES string of the molecule is O=C(O)c1cn(-c2cc(C(F)(F)F)nc(C3CC3)n2)cn1. The van der Waals surface area contributed by atoms with Gasteiger partial charge in [-0.2, -0.15) is 13.2 Å². The Morgan fingerprint density at radius 2 is 2.05 bits per heavy atom. The molecule has 9 heteroatoms. The molecule has 2 aromatic rings. The Morgan fingerprint density at radius 1 is 1.33 bits per heavy atom. The maximum absolute atomic E-state index is 12.9. The fourth-order valence-corrected chi connectivity index (χ4v) is 1.81. The molecule has 21 heavy (non-hydrogen) atoms. The molecule has 0 radical (unpaired) electrons. The van der Waals surface area contributed by atoms with Gasteiger partial charge in [0.05, 0.1) is 0 Å². The summed E-state index contributed by atoms with van der Waals surface area (Å²) in [5, 5.41) is 8.79. The quantitative estimate of drug-likeness (QED) is 0.940. The van der Waals surface area contributed by atoms with E-state index < -0.39 is 17.8 Å². The first-order valence-electron chi connectivity index (χ1n) is 6.08. The predicted molar refractivity (Wildman–Crippen MR) is 63.1 cm³/mol. The first-order valence-corrected chi connectivity index (χ1v) is 6.08. The Bertz CT molecular complexity index is 707. The van der Waals surface area contributed by atoms with Crippen LogP contribution in [0.3, 0.4) is 0 Å². The molecule has 0 spiro atoms. The maximum Gasteiger partial charge on any atom is 0.433 e. The number of halogens is 3. The fraction of sp³-hybridized carbons (Fsp3) is 0.333. The number of carboxylic acid groups (broad SMARTS) is 1. The van der Waals surface area contributed by atoms with E-state index in [0.717, 1.165) is 36.0 Å². The molecule has 1 fully saturated rings. The van der Waals surface area contributed by atoms with Crippen LogP contribution in [0.15, 0.2) is 18.6 Å². The lowest BCUT2D eigenvalue weighted by atomic mass is 10.3. The van der Waals surface area contributed by atoms with Crippen LogP contribution in [0.5, 0.6) is 0 Å². The van der Waals surface area contributed by atoms with Crippen LogP contribution in [0.1, 0.15) is 40.8 Å². The van der Waals surface area contributed by atoms with E-state index in [9.17, 15) is 18.0 Å². The fourth-order valence-electron chi connectivity index (χ4n) is 1.81. The number of carboxylic acids is 1. The van der Waals surface area contributed by atoms with E-state index >= 15 is 0 Å². The third-order valence-electron chi connectivity index (χ3n) is 3.03. The predicted octanol–water partition coefficient (Wildman–Crippen LogP) is 2.26. The second-order valence-corrected chi connectivity index (χ2v) is 4.71. The lowest BCUT2D eigenvalue weighted by Gasteiger charge is -2.10. The Balaban J connectivity index is 2.07. The van der Waals surface area contributed by atoms with E-state index in [0.29, 0.717) is 0 Å². The Morgan fingerprint density at radius 3 is 2.57 bits per heavy atom. The second-order valence-electron chi connectivity index (χ2n) is 4.71. The van der Waals surface area contributed by atoms with E-state index in [-0.39, 0.29) is 23.3 Å². The van der Waals surface area contributed by atoms with Crippen LogP contribution in [-0.2, 0) is 6.18 Å². The van der Waals surface area contributed by atoms with Gasteiger partial charge in [0.1, 0.15) is 23.7 Å². The zero-order valence-electron chi connectivity index (χ0n) is 10.5. The van der Waals surface area contributed by atoms with E-state index in [1.165, 1.54) is 0 Å². The van der Waals surface area contributed by atoms with Gasteiger partial charge in [-0.05, 0) is 12.8 Å². The topological polar surface area (TPSA) is 80.9 Å². The van der Waals surface area contributed by atoms with E-state index in [2.05, 4.69) is 15.0 Å². The number of rotatable bonds is 3. The highest BCUT2D eigenvalue weighted by Gasteiger charge is 2.36. The molecule has 0 aliphatic heterocycles. The van der Waals surface area contributed by atoms with E-state index in [1.807, 2.05) is 0 Å². The summed E-state index contributed by atoms with van der Waals surface area (Å²) in [7, 11) is 0. The number of nitrogens with zero attached hydrogens (tertiary/aromatic N) is 4. The van der Waals surface area contributed by atoms with Gasteiger partial charge in [0, 0.05) is 18.2 Å². The summed E-state index contributed by atoms with van der Waals surface area (Å²) in [6.07, 6.45) is -0.849. The average molecular weight is 298 g/mol. The highest BCUT2D eigenvalue weighted by Crippen LogP contribution is 2.39. The monoisotopic (exact) mass is 298 g/mol. The van der Waals surface area contributed by atoms with Crippen molar-refractivity contribution in [1.29, 1.82) is 0 Å². The highest BCUT2D eigenvalue weighted by molar-refractivity contribution is 5.85. The molecule has 6 nitrogen and oxygen atoms in total. The third kappa shape index (κ3) is 2.71. The number of hydrogen-bond acceptors (Lipinski definition) is 4. The number of imidazole rings is 1. The molecule has 2 heterocycles. The molecule has 1 aliphatic carbocycles. The van der Waals surface area contributed by atoms with E-state index in [1.54, 1.807) is 0 Å². The van der Waals surface area contributed by atoms with Crippen LogP contribution in [0, 0.1) is 0 Å². The molecular formula is C12H9F3N4O2. The number of aromatic nitrogens is 4. The molecule has 3 rings (SSSR count). The van der Waals surface area contributed by atoms with Gasteiger partial charge in [-0.3, -0.25) is 4.57 Å². The van der Waals surface area contributed by atoms with Crippen molar-refractivity contribution in [2.24, 2.45) is 0 Å². The lowest BCUT2D eigenvalue weighted by molar-refractivity contribution is -0.141. The summed E-state index contributed by atoms with van der Waals surface area (Å²) in [5.74, 6) is -1.24. The Hall–Kier alpha value is -2.45. The maximum atomic E-state index is 12.9. The van der Waals surface area contributed by atoms with Gasteiger partial charge in [-0.1, -0.05) is 0 Å². The number of alkyl halides is 3. The Kier molecular flexibility index (Phi) is 2.92. The summed E-state index contributed by atoms with van der Waals surface area (Å²) < 4.78 is 39.8. The zero-order valence-corrected chi connectivity index (χ0v) is 10.5. The number of aromatic carboxylic acids is 1. The van der Waals surface area contributed by atoms with Crippen molar-refractivity contribution < 1.29 is 23.1 Å². The number of hydrogen-bond donors (Lipinski definition) is 1. The molecule has 1 saturated carbocycles. The van der Waals surface area contributed by atoms with Crippen molar-refractivity contribution in [3.8, 4) is 5.82 Å². The van der Waals surface area contributed by atoms with Crippen LogP contribution in [-0.4, -0.2) is 30.6 Å². The van der Waals surface area contributed by atoms with E-state index in [4.69, 9.17) is 5.11 Å². The van der Waals surface area contributed by atoms with Crippen LogP contribution in [0.4, 0.5) is 13.2 Å². The van der Waals surface area contributed by atoms with Gasteiger partial charge >= 0.3 is 12.1 Å². The largest absolute Gasteiger partial charge is 0.476 e. The minimum atomic E-state index is -4.59. The molecule has 0 saturated heterocycles. The molecule has 1 N–H and O–H groups in total. The summed E-state index contributed by atoms with van der Waals surface area (Å²) in [4.78, 5) is 22.0. The summed E-state index contributed by atoms with van der Waals surface area (Å²) in [5.41, 5.74) is -1.31. The molecule has 110 valence electrons. The highest BCUT2D eigenvalue weighted by atomic mass is 19.4. The lowest BCUT2D eigenvalue weighted by Crippen LogP contribution is -2.13. The number of carbonyl (C=O) groups is 1. The van der Waals surface area contributed by atoms with Crippen LogP contribution in [0.2, 0.25) is 0 Å². The standard InChI is InChI=1S/C12H9F3N4O2/c13-12(14,15)8-3-9(18-10(17-8)6-1-2-6)19-4-7(11(20)21)16-5-19/h3-6H,1-2H2,(H,20,21). The summed E-state index contributed by atoms with van der Waals surface area (Å²) in [6, 6.07) is 0.777. The van der Waals surface area contributed by atoms with Crippen molar-refractivity contribution in [3.63, 3.8) is 0 Å². The third-order valence-corrected chi connectivity index (χ3v) is 3.03. The van der Waals surface area contributed by atoms with Gasteiger partial charge in [0.2, 0.25) is 0 Å². The van der Waals surface area contributed by atoms with Crippen LogP contribution >= 0.6 is 0 Å². The normalized spacial score (nSPS) is 15.2. The minimum absolute atomic E-state index is 0.0424. The molecule has 0 unspecified atom stereocenters. The molecule has 2 aromatic heterocycles. The molecule has 0 amide bonds. The van der Waals surface area contributed by atoms with Crippen LogP contribution < -0.4 is 0 Å². The van der Waals surface area contributed by atoms with Gasteiger partial charge in [-0.15, -0.1) is 0 Å². The minimum Gasteiger partial charge on any atom is -0.476 e. The average Bonchev–Trinajstić information content (AvgIpc) is 3.14. The van der Waals surface area contributed by atoms with Crippen molar-refractivity contribution in [2.75, 3.05) is 0 Å². The summed E-state index contributed by atoms with van der Waals surface area (Å²) in [6.45, 7) is 0. The zero-order chi connectivity index (χ0) is 15.2. The molecule has 1 aliphatic rings. The second kappa shape index (κ2) is 4.54. The van der Waals surface area contributed by atoms with Gasteiger partial charge in [-0.25, -0.2) is 19.7 Å². The molecule has 0 aromatic carbocycles. The van der Waals surface area contributed by atoms with Crippen molar-refractivity contribution >= 4 is 5.97 Å². The van der Waals surface area contributed by atoms with Gasteiger partial charge < -0.3 is 5.11 Å². The molecular weight excluding hydrogens is 289 g/mol. The summed E-state index contributed by atoms with van der Waals surface area (Å²) >= 11 is 0. The first kappa shape index (κ1) is 13.5. The van der Waals surface area contributed by atoms with Crippen molar-refractivity contribution in [3.05, 3.63) is 35.8 Å². The molecule has 0 atom stereocenters. The van der Waals surface area contributed by atoms with Crippen molar-refractivity contribution in [2.45, 2.75) is 24.9 Å². The Labute approximate surface area is 116 Å².